The van der Waals surface area contributed by atoms with Gasteiger partial charge in [0.1, 0.15) is 11.3 Å². The summed E-state index contributed by atoms with van der Waals surface area (Å²) in [6.07, 6.45) is 5.35. The van der Waals surface area contributed by atoms with E-state index in [4.69, 9.17) is 0 Å². The predicted octanol–water partition coefficient (Wildman–Crippen LogP) is 3.29. The number of fused-ring (bicyclic) bond motifs is 2. The Kier molecular flexibility index (Phi) is 3.84. The van der Waals surface area contributed by atoms with Crippen LogP contribution in [0.3, 0.4) is 0 Å². The number of aromatic nitrogens is 2. The summed E-state index contributed by atoms with van der Waals surface area (Å²) >= 11 is 0. The SMILES string of the molecule is C/C(=N/NC(=O)c1c(C)nc2ccccn12)c1ccc2c(c1)CCC2. The number of hydrogen-bond acceptors (Lipinski definition) is 3. The molecule has 0 aliphatic heterocycles. The van der Waals surface area contributed by atoms with Crippen LogP contribution < -0.4 is 5.43 Å². The number of hydrazone groups is 1. The quantitative estimate of drug-likeness (QED) is 0.591. The maximum Gasteiger partial charge on any atom is 0.290 e. The lowest BCUT2D eigenvalue weighted by Crippen LogP contribution is -2.22. The monoisotopic (exact) mass is 332 g/mol. The third-order valence-electron chi connectivity index (χ3n) is 4.76. The number of imidazole rings is 1. The first kappa shape index (κ1) is 15.6. The van der Waals surface area contributed by atoms with Crippen molar-refractivity contribution in [3.63, 3.8) is 0 Å². The molecular formula is C20H20N4O. The normalized spacial score (nSPS) is 13.9. The second-order valence-corrected chi connectivity index (χ2v) is 6.45. The number of hydrogen-bond donors (Lipinski definition) is 1. The van der Waals surface area contributed by atoms with E-state index in [0.29, 0.717) is 11.4 Å². The third kappa shape index (κ3) is 2.82. The van der Waals surface area contributed by atoms with Crippen molar-refractivity contribution >= 4 is 17.3 Å². The lowest BCUT2D eigenvalue weighted by molar-refractivity contribution is 0.0948. The molecule has 126 valence electrons. The van der Waals surface area contributed by atoms with E-state index in [9.17, 15) is 4.79 Å². The molecule has 0 saturated heterocycles. The minimum atomic E-state index is -0.253. The van der Waals surface area contributed by atoms with Gasteiger partial charge in [0, 0.05) is 6.20 Å². The highest BCUT2D eigenvalue weighted by Gasteiger charge is 2.16. The fourth-order valence-electron chi connectivity index (χ4n) is 3.44. The average molecular weight is 332 g/mol. The van der Waals surface area contributed by atoms with Gasteiger partial charge in [-0.3, -0.25) is 9.20 Å². The van der Waals surface area contributed by atoms with Gasteiger partial charge in [-0.05, 0) is 68.0 Å². The van der Waals surface area contributed by atoms with Crippen LogP contribution in [0.4, 0.5) is 0 Å². The molecule has 1 N–H and O–H groups in total. The average Bonchev–Trinajstić information content (AvgIpc) is 3.21. The molecule has 4 rings (SSSR count). The summed E-state index contributed by atoms with van der Waals surface area (Å²) in [6.45, 7) is 3.75. The van der Waals surface area contributed by atoms with Crippen molar-refractivity contribution in [3.8, 4) is 0 Å². The number of aryl methyl sites for hydroxylation is 3. The van der Waals surface area contributed by atoms with Crippen molar-refractivity contribution in [2.45, 2.75) is 33.1 Å². The number of nitrogens with one attached hydrogen (secondary N) is 1. The summed E-state index contributed by atoms with van der Waals surface area (Å²) in [7, 11) is 0. The zero-order valence-electron chi connectivity index (χ0n) is 14.4. The number of carbonyl (C=O) groups is 1. The first-order chi connectivity index (χ1) is 12.1. The van der Waals surface area contributed by atoms with Gasteiger partial charge in [0.25, 0.3) is 5.91 Å². The number of pyridine rings is 1. The zero-order chi connectivity index (χ0) is 17.4. The van der Waals surface area contributed by atoms with Gasteiger partial charge in [-0.25, -0.2) is 10.4 Å². The molecule has 2 heterocycles. The molecule has 2 aromatic heterocycles. The van der Waals surface area contributed by atoms with E-state index in [1.54, 1.807) is 4.40 Å². The van der Waals surface area contributed by atoms with E-state index in [2.05, 4.69) is 33.7 Å². The molecule has 0 saturated carbocycles. The van der Waals surface area contributed by atoms with Crippen molar-refractivity contribution in [1.29, 1.82) is 0 Å². The summed E-state index contributed by atoms with van der Waals surface area (Å²) in [5.74, 6) is -0.253. The number of carbonyl (C=O) groups excluding carboxylic acids is 1. The second kappa shape index (κ2) is 6.16. The molecule has 3 aromatic rings. The van der Waals surface area contributed by atoms with Crippen LogP contribution in [-0.2, 0) is 12.8 Å². The zero-order valence-corrected chi connectivity index (χ0v) is 14.4. The number of benzene rings is 1. The van der Waals surface area contributed by atoms with Crippen LogP contribution in [0.5, 0.6) is 0 Å². The third-order valence-corrected chi connectivity index (χ3v) is 4.76. The molecule has 0 bridgehead atoms. The van der Waals surface area contributed by atoms with E-state index in [1.165, 1.54) is 17.5 Å². The Morgan fingerprint density at radius 3 is 2.92 bits per heavy atom. The summed E-state index contributed by atoms with van der Waals surface area (Å²) in [5.41, 5.74) is 9.31. The summed E-state index contributed by atoms with van der Waals surface area (Å²) in [5, 5.41) is 4.30. The molecule has 1 amide bonds. The van der Waals surface area contributed by atoms with Crippen molar-refractivity contribution in [2.24, 2.45) is 5.10 Å². The highest BCUT2D eigenvalue weighted by atomic mass is 16.2. The van der Waals surface area contributed by atoms with Gasteiger partial charge in [-0.15, -0.1) is 0 Å². The maximum absolute atomic E-state index is 12.6. The van der Waals surface area contributed by atoms with Crippen molar-refractivity contribution < 1.29 is 4.79 Å². The van der Waals surface area contributed by atoms with Gasteiger partial charge in [-0.1, -0.05) is 18.2 Å². The molecule has 25 heavy (non-hydrogen) atoms. The lowest BCUT2D eigenvalue weighted by atomic mass is 10.0. The van der Waals surface area contributed by atoms with E-state index in [1.807, 2.05) is 38.2 Å². The predicted molar refractivity (Wildman–Crippen MR) is 98.1 cm³/mol. The fourth-order valence-corrected chi connectivity index (χ4v) is 3.44. The number of rotatable bonds is 3. The Hall–Kier alpha value is -2.95. The Bertz CT molecular complexity index is 1000. The molecule has 1 aliphatic rings. The summed E-state index contributed by atoms with van der Waals surface area (Å²) < 4.78 is 1.78. The molecule has 1 aromatic carbocycles. The molecule has 5 nitrogen and oxygen atoms in total. The largest absolute Gasteiger partial charge is 0.295 e. The van der Waals surface area contributed by atoms with E-state index in [-0.39, 0.29) is 5.91 Å². The van der Waals surface area contributed by atoms with Crippen LogP contribution >= 0.6 is 0 Å². The Morgan fingerprint density at radius 2 is 2.04 bits per heavy atom. The molecule has 1 aliphatic carbocycles. The van der Waals surface area contributed by atoms with Gasteiger partial charge in [0.15, 0.2) is 0 Å². The summed E-state index contributed by atoms with van der Waals surface area (Å²) in [6, 6.07) is 12.1. The maximum atomic E-state index is 12.6. The molecule has 0 unspecified atom stereocenters. The molecule has 0 fully saturated rings. The number of amides is 1. The van der Waals surface area contributed by atoms with Crippen LogP contribution in [0.25, 0.3) is 5.65 Å². The molecule has 0 atom stereocenters. The van der Waals surface area contributed by atoms with Crippen molar-refractivity contribution in [2.75, 3.05) is 0 Å². The fraction of sp³-hybridized carbons (Fsp3) is 0.250. The van der Waals surface area contributed by atoms with Crippen LogP contribution in [0, 0.1) is 6.92 Å². The molecule has 0 radical (unpaired) electrons. The van der Waals surface area contributed by atoms with Crippen LogP contribution in [-0.4, -0.2) is 21.0 Å². The molecule has 5 heteroatoms. The highest BCUT2D eigenvalue weighted by Crippen LogP contribution is 2.23. The van der Waals surface area contributed by atoms with E-state index in [0.717, 1.165) is 29.8 Å². The van der Waals surface area contributed by atoms with E-state index >= 15 is 0 Å². The van der Waals surface area contributed by atoms with Crippen LogP contribution in [0.15, 0.2) is 47.7 Å². The molecule has 0 spiro atoms. The first-order valence-corrected chi connectivity index (χ1v) is 8.54. The van der Waals surface area contributed by atoms with Crippen LogP contribution in [0.2, 0.25) is 0 Å². The topological polar surface area (TPSA) is 58.8 Å². The minimum Gasteiger partial charge on any atom is -0.295 e. The lowest BCUT2D eigenvalue weighted by Gasteiger charge is -2.06. The van der Waals surface area contributed by atoms with Gasteiger partial charge in [0.05, 0.1) is 11.4 Å². The van der Waals surface area contributed by atoms with Gasteiger partial charge >= 0.3 is 0 Å². The van der Waals surface area contributed by atoms with Crippen molar-refractivity contribution in [3.05, 3.63) is 70.7 Å². The van der Waals surface area contributed by atoms with Gasteiger partial charge < -0.3 is 0 Å². The summed E-state index contributed by atoms with van der Waals surface area (Å²) in [4.78, 5) is 17.0. The van der Waals surface area contributed by atoms with Crippen molar-refractivity contribution in [1.82, 2.24) is 14.8 Å². The van der Waals surface area contributed by atoms with Crippen LogP contribution in [0.1, 0.15) is 46.2 Å². The highest BCUT2D eigenvalue weighted by molar-refractivity contribution is 6.01. The first-order valence-electron chi connectivity index (χ1n) is 8.54. The smallest absolute Gasteiger partial charge is 0.290 e. The second-order valence-electron chi connectivity index (χ2n) is 6.45. The van der Waals surface area contributed by atoms with E-state index < -0.39 is 0 Å². The Morgan fingerprint density at radius 1 is 1.20 bits per heavy atom. The Labute approximate surface area is 146 Å². The Balaban J connectivity index is 1.58. The van der Waals surface area contributed by atoms with Gasteiger partial charge in [0.2, 0.25) is 0 Å². The standard InChI is InChI=1S/C20H20N4O/c1-13(16-10-9-15-6-5-7-17(15)12-16)22-23-20(25)19-14(2)21-18-8-3-4-11-24(18)19/h3-4,8-12H,5-7H2,1-2H3,(H,23,25)/b22-13-. The number of nitrogens with zero attached hydrogens (tertiary/aromatic N) is 3. The van der Waals surface area contributed by atoms with Gasteiger partial charge in [-0.2, -0.15) is 5.10 Å². The molecular weight excluding hydrogens is 312 g/mol. The minimum absolute atomic E-state index is 0.253.